The predicted octanol–water partition coefficient (Wildman–Crippen LogP) is -1.72. The van der Waals surface area contributed by atoms with Gasteiger partial charge < -0.3 is 40.1 Å². The third-order valence-corrected chi connectivity index (χ3v) is 2.98. The van der Waals surface area contributed by atoms with Crippen LogP contribution in [0.25, 0.3) is 0 Å². The molecule has 1 aliphatic heterocycles. The van der Waals surface area contributed by atoms with Gasteiger partial charge in [-0.15, -0.1) is 0 Å². The van der Waals surface area contributed by atoms with Crippen LogP contribution in [-0.4, -0.2) is 68.0 Å². The first-order valence-corrected chi connectivity index (χ1v) is 5.92. The minimum absolute atomic E-state index is 0.00757. The minimum atomic E-state index is -1.56. The van der Waals surface area contributed by atoms with Gasteiger partial charge in [0.2, 0.25) is 6.29 Å². The van der Waals surface area contributed by atoms with Crippen molar-refractivity contribution >= 4 is 0 Å². The summed E-state index contributed by atoms with van der Waals surface area (Å²) < 4.78 is 10.3. The molecule has 0 radical (unpaired) electrons. The molecule has 0 spiro atoms. The minimum Gasteiger partial charge on any atom is -0.508 e. The highest BCUT2D eigenvalue weighted by Gasteiger charge is 2.44. The molecular formula is C12H16O8. The first-order valence-electron chi connectivity index (χ1n) is 5.92. The molecule has 1 aromatic rings. The molecule has 5 atom stereocenters. The summed E-state index contributed by atoms with van der Waals surface area (Å²) in [6.07, 6.45) is -7.06. The molecule has 0 aromatic heterocycles. The van der Waals surface area contributed by atoms with Crippen LogP contribution >= 0.6 is 0 Å². The maximum Gasteiger partial charge on any atom is 0.229 e. The lowest BCUT2D eigenvalue weighted by Crippen LogP contribution is -2.60. The normalized spacial score (nSPS) is 33.9. The Balaban J connectivity index is 2.15. The Hall–Kier alpha value is -1.58. The van der Waals surface area contributed by atoms with E-state index >= 15 is 0 Å². The van der Waals surface area contributed by atoms with Crippen molar-refractivity contribution in [2.45, 2.75) is 30.7 Å². The van der Waals surface area contributed by atoms with Crippen LogP contribution in [-0.2, 0) is 4.74 Å². The molecule has 0 saturated carbocycles. The van der Waals surface area contributed by atoms with Crippen molar-refractivity contribution in [3.8, 4) is 17.2 Å². The zero-order chi connectivity index (χ0) is 14.9. The van der Waals surface area contributed by atoms with Crippen LogP contribution in [0.2, 0.25) is 0 Å². The molecule has 1 aliphatic rings. The Labute approximate surface area is 114 Å². The van der Waals surface area contributed by atoms with Crippen LogP contribution in [0.4, 0.5) is 0 Å². The highest BCUT2D eigenvalue weighted by molar-refractivity contribution is 5.40. The van der Waals surface area contributed by atoms with Gasteiger partial charge in [0.1, 0.15) is 41.7 Å². The fourth-order valence-electron chi connectivity index (χ4n) is 1.93. The van der Waals surface area contributed by atoms with Crippen molar-refractivity contribution in [1.82, 2.24) is 0 Å². The second-order valence-electron chi connectivity index (χ2n) is 4.50. The number of phenolic OH excluding ortho intramolecular Hbond substituents is 2. The average Bonchev–Trinajstić information content (AvgIpc) is 2.38. The van der Waals surface area contributed by atoms with Crippen LogP contribution in [0, 0.1) is 0 Å². The number of benzene rings is 1. The van der Waals surface area contributed by atoms with Crippen molar-refractivity contribution in [2.24, 2.45) is 0 Å². The van der Waals surface area contributed by atoms with Gasteiger partial charge in [0.15, 0.2) is 0 Å². The van der Waals surface area contributed by atoms with Gasteiger partial charge in [-0.25, -0.2) is 0 Å². The van der Waals surface area contributed by atoms with Gasteiger partial charge in [-0.05, 0) is 0 Å². The number of hydrogen-bond donors (Lipinski definition) is 6. The predicted molar refractivity (Wildman–Crippen MR) is 64.2 cm³/mol. The summed E-state index contributed by atoms with van der Waals surface area (Å²) in [5.74, 6) is -0.527. The molecule has 6 N–H and O–H groups in total. The summed E-state index contributed by atoms with van der Waals surface area (Å²) >= 11 is 0. The quantitative estimate of drug-likeness (QED) is 0.386. The van der Waals surface area contributed by atoms with Gasteiger partial charge in [0, 0.05) is 18.2 Å². The van der Waals surface area contributed by atoms with Crippen LogP contribution in [0.15, 0.2) is 18.2 Å². The van der Waals surface area contributed by atoms with Gasteiger partial charge in [0.25, 0.3) is 0 Å². The summed E-state index contributed by atoms with van der Waals surface area (Å²) in [5, 5.41) is 56.6. The van der Waals surface area contributed by atoms with E-state index in [2.05, 4.69) is 0 Å². The first kappa shape index (κ1) is 14.8. The molecule has 0 bridgehead atoms. The number of phenols is 2. The first-order chi connectivity index (χ1) is 9.42. The van der Waals surface area contributed by atoms with E-state index in [1.807, 2.05) is 0 Å². The standard InChI is InChI=1S/C12H16O8/c13-4-8-9(16)10(17)11(18)12(20-8)19-7-2-5(14)1-6(15)3-7/h1-3,8-18H,4H2/t8-,9+,10+,11-,12+/m1/s1. The lowest BCUT2D eigenvalue weighted by atomic mass is 9.99. The Morgan fingerprint density at radius 1 is 0.950 bits per heavy atom. The van der Waals surface area contributed by atoms with E-state index < -0.39 is 37.3 Å². The lowest BCUT2D eigenvalue weighted by Gasteiger charge is -2.39. The monoisotopic (exact) mass is 288 g/mol. The zero-order valence-electron chi connectivity index (χ0n) is 10.3. The summed E-state index contributed by atoms with van der Waals surface area (Å²) in [7, 11) is 0. The van der Waals surface area contributed by atoms with Gasteiger partial charge in [0.05, 0.1) is 6.61 Å². The highest BCUT2D eigenvalue weighted by Crippen LogP contribution is 2.29. The Morgan fingerprint density at radius 3 is 2.10 bits per heavy atom. The molecular weight excluding hydrogens is 272 g/mol. The fraction of sp³-hybridized carbons (Fsp3) is 0.500. The van der Waals surface area contributed by atoms with Crippen LogP contribution in [0.1, 0.15) is 0 Å². The summed E-state index contributed by atoms with van der Waals surface area (Å²) in [6, 6.07) is 3.42. The second kappa shape index (κ2) is 5.81. The molecule has 1 aromatic carbocycles. The van der Waals surface area contributed by atoms with Crippen molar-refractivity contribution in [2.75, 3.05) is 6.61 Å². The molecule has 112 valence electrons. The van der Waals surface area contributed by atoms with Gasteiger partial charge in [-0.3, -0.25) is 0 Å². The molecule has 20 heavy (non-hydrogen) atoms. The third kappa shape index (κ3) is 2.94. The van der Waals surface area contributed by atoms with Crippen LogP contribution in [0.5, 0.6) is 17.2 Å². The number of hydrogen-bond acceptors (Lipinski definition) is 8. The fourth-order valence-corrected chi connectivity index (χ4v) is 1.93. The van der Waals surface area contributed by atoms with Crippen molar-refractivity contribution in [3.63, 3.8) is 0 Å². The Kier molecular flexibility index (Phi) is 4.31. The van der Waals surface area contributed by atoms with E-state index in [4.69, 9.17) is 14.6 Å². The Morgan fingerprint density at radius 2 is 1.55 bits per heavy atom. The number of rotatable bonds is 3. The number of ether oxygens (including phenoxy) is 2. The maximum absolute atomic E-state index is 9.75. The van der Waals surface area contributed by atoms with Gasteiger partial charge in [-0.2, -0.15) is 0 Å². The molecule has 2 rings (SSSR count). The van der Waals surface area contributed by atoms with Crippen molar-refractivity contribution in [3.05, 3.63) is 18.2 Å². The second-order valence-corrected chi connectivity index (χ2v) is 4.50. The average molecular weight is 288 g/mol. The van der Waals surface area contributed by atoms with Gasteiger partial charge in [-0.1, -0.05) is 0 Å². The van der Waals surface area contributed by atoms with E-state index in [0.29, 0.717) is 0 Å². The van der Waals surface area contributed by atoms with Gasteiger partial charge >= 0.3 is 0 Å². The summed E-state index contributed by atoms with van der Waals surface area (Å²) in [6.45, 7) is -0.573. The highest BCUT2D eigenvalue weighted by atomic mass is 16.7. The molecule has 0 aliphatic carbocycles. The molecule has 0 amide bonds. The molecule has 1 heterocycles. The number of aliphatic hydroxyl groups is 4. The van der Waals surface area contributed by atoms with Crippen molar-refractivity contribution in [1.29, 1.82) is 0 Å². The van der Waals surface area contributed by atoms with Crippen molar-refractivity contribution < 1.29 is 40.1 Å². The smallest absolute Gasteiger partial charge is 0.229 e. The van der Waals surface area contributed by atoms with E-state index in [1.165, 1.54) is 12.1 Å². The zero-order valence-corrected chi connectivity index (χ0v) is 10.3. The lowest BCUT2D eigenvalue weighted by molar-refractivity contribution is -0.277. The third-order valence-electron chi connectivity index (χ3n) is 2.98. The maximum atomic E-state index is 9.75. The molecule has 1 fully saturated rings. The number of aliphatic hydroxyl groups excluding tert-OH is 4. The number of aromatic hydroxyl groups is 2. The van der Waals surface area contributed by atoms with Crippen LogP contribution in [0.3, 0.4) is 0 Å². The Bertz CT molecular complexity index is 443. The molecule has 8 heteroatoms. The van der Waals surface area contributed by atoms with Crippen LogP contribution < -0.4 is 4.74 Å². The van der Waals surface area contributed by atoms with E-state index in [-0.39, 0.29) is 17.2 Å². The summed E-state index contributed by atoms with van der Waals surface area (Å²) in [4.78, 5) is 0. The molecule has 1 saturated heterocycles. The topological polar surface area (TPSA) is 140 Å². The largest absolute Gasteiger partial charge is 0.508 e. The van der Waals surface area contributed by atoms with E-state index in [0.717, 1.165) is 6.07 Å². The summed E-state index contributed by atoms with van der Waals surface area (Å²) in [5.41, 5.74) is 0. The molecule has 8 nitrogen and oxygen atoms in total. The molecule has 0 unspecified atom stereocenters. The van der Waals surface area contributed by atoms with E-state index in [9.17, 15) is 25.5 Å². The van der Waals surface area contributed by atoms with E-state index in [1.54, 1.807) is 0 Å². The SMILES string of the molecule is OC[C@H]1O[C@H](Oc2cc(O)cc(O)c2)[C@H](O)[C@@H](O)[C@H]1O.